The number of hydrogen-bond donors (Lipinski definition) is 0. The van der Waals surface area contributed by atoms with Crippen LogP contribution >= 0.6 is 45.2 Å². The molecule has 0 aliphatic heterocycles. The number of nitro benzene ring substituents is 1. The Bertz CT molecular complexity index is 315. The van der Waals surface area contributed by atoms with E-state index in [2.05, 4.69) is 45.2 Å². The summed E-state index contributed by atoms with van der Waals surface area (Å²) < 4.78 is 1.87. The lowest BCUT2D eigenvalue weighted by molar-refractivity contribution is -0.385. The van der Waals surface area contributed by atoms with Crippen molar-refractivity contribution in [2.75, 3.05) is 0 Å². The van der Waals surface area contributed by atoms with Gasteiger partial charge in [-0.3, -0.25) is 10.1 Å². The van der Waals surface area contributed by atoms with E-state index in [9.17, 15) is 10.1 Å². The highest BCUT2D eigenvalue weighted by Gasteiger charge is 2.10. The summed E-state index contributed by atoms with van der Waals surface area (Å²) in [7, 11) is 0. The van der Waals surface area contributed by atoms with E-state index in [4.69, 9.17) is 0 Å². The molecule has 64 valence electrons. The van der Waals surface area contributed by atoms with Crippen LogP contribution in [0, 0.1) is 24.2 Å². The van der Waals surface area contributed by atoms with Crippen molar-refractivity contribution in [3.05, 3.63) is 35.0 Å². The van der Waals surface area contributed by atoms with Crippen LogP contribution in [0.3, 0.4) is 0 Å². The Labute approximate surface area is 97.0 Å². The molecule has 0 saturated heterocycles. The number of rotatable bonds is 1. The van der Waals surface area contributed by atoms with Crippen LogP contribution in [0.25, 0.3) is 0 Å². The van der Waals surface area contributed by atoms with Crippen molar-refractivity contribution < 1.29 is 4.92 Å². The largest absolute Gasteiger partial charge is 0.271 e. The number of nitrogens with zero attached hydrogens (tertiary/aromatic N) is 1. The zero-order valence-corrected chi connectivity index (χ0v) is 10.5. The van der Waals surface area contributed by atoms with Crippen molar-refractivity contribution in [3.8, 4) is 0 Å². The Morgan fingerprint density at radius 1 is 1.33 bits per heavy atom. The molecule has 0 saturated carbocycles. The molecule has 0 atom stereocenters. The van der Waals surface area contributed by atoms with Gasteiger partial charge >= 0.3 is 0 Å². The van der Waals surface area contributed by atoms with Gasteiger partial charge in [-0.15, -0.1) is 0 Å². The fourth-order valence-electron chi connectivity index (χ4n) is 0.737. The third-order valence-corrected chi connectivity index (χ3v) is 3.72. The maximum atomic E-state index is 10.4. The third-order valence-electron chi connectivity index (χ3n) is 1.48. The van der Waals surface area contributed by atoms with E-state index >= 15 is 0 Å². The molecule has 5 heteroatoms. The molecule has 12 heavy (non-hydrogen) atoms. The molecular formula is C7H5I2NO2. The second kappa shape index (κ2) is 3.86. The van der Waals surface area contributed by atoms with E-state index in [1.807, 2.05) is 6.92 Å². The van der Waals surface area contributed by atoms with Crippen LogP contribution in [-0.2, 0) is 0 Å². The van der Waals surface area contributed by atoms with Crippen LogP contribution in [-0.4, -0.2) is 4.92 Å². The number of halogens is 2. The van der Waals surface area contributed by atoms with Gasteiger partial charge in [0.1, 0.15) is 0 Å². The quantitative estimate of drug-likeness (QED) is 0.421. The molecule has 0 radical (unpaired) electrons. The number of benzene rings is 1. The SMILES string of the molecule is Cc1c(I)cc([N+](=O)[O-])cc1I. The molecular weight excluding hydrogens is 384 g/mol. The van der Waals surface area contributed by atoms with Gasteiger partial charge in [-0.25, -0.2) is 0 Å². The number of hydrogen-bond acceptors (Lipinski definition) is 2. The number of non-ortho nitro benzene ring substituents is 1. The first-order chi connectivity index (χ1) is 5.52. The molecule has 1 aromatic rings. The maximum Gasteiger partial charge on any atom is 0.271 e. The van der Waals surface area contributed by atoms with E-state index in [0.29, 0.717) is 0 Å². The van der Waals surface area contributed by atoms with Crippen LogP contribution in [0.4, 0.5) is 5.69 Å². The van der Waals surface area contributed by atoms with Crippen molar-refractivity contribution in [2.45, 2.75) is 6.92 Å². The number of nitro groups is 1. The third kappa shape index (κ3) is 2.06. The minimum Gasteiger partial charge on any atom is -0.258 e. The fourth-order valence-corrected chi connectivity index (χ4v) is 2.47. The Balaban J connectivity index is 3.31. The van der Waals surface area contributed by atoms with Crippen LogP contribution in [0.1, 0.15) is 5.56 Å². The first-order valence-electron chi connectivity index (χ1n) is 3.12. The van der Waals surface area contributed by atoms with Gasteiger partial charge in [0, 0.05) is 19.3 Å². The van der Waals surface area contributed by atoms with Crippen molar-refractivity contribution >= 4 is 50.9 Å². The van der Waals surface area contributed by atoms with Crippen molar-refractivity contribution in [1.82, 2.24) is 0 Å². The van der Waals surface area contributed by atoms with E-state index < -0.39 is 0 Å². The molecule has 0 bridgehead atoms. The molecule has 0 spiro atoms. The van der Waals surface area contributed by atoms with E-state index in [1.165, 1.54) is 0 Å². The molecule has 1 rings (SSSR count). The molecule has 0 amide bonds. The first kappa shape index (κ1) is 10.2. The van der Waals surface area contributed by atoms with Gasteiger partial charge in [0.15, 0.2) is 0 Å². The lowest BCUT2D eigenvalue weighted by Gasteiger charge is -2.00. The van der Waals surface area contributed by atoms with Crippen LogP contribution < -0.4 is 0 Å². The average Bonchev–Trinajstić information content (AvgIpc) is 1.99. The normalized spacial score (nSPS) is 9.92. The van der Waals surface area contributed by atoms with Gasteiger partial charge in [0.05, 0.1) is 4.92 Å². The van der Waals surface area contributed by atoms with E-state index in [-0.39, 0.29) is 10.6 Å². The lowest BCUT2D eigenvalue weighted by atomic mass is 10.2. The Kier molecular flexibility index (Phi) is 3.27. The predicted octanol–water partition coefficient (Wildman–Crippen LogP) is 3.11. The van der Waals surface area contributed by atoms with Crippen molar-refractivity contribution in [3.63, 3.8) is 0 Å². The van der Waals surface area contributed by atoms with Crippen molar-refractivity contribution in [1.29, 1.82) is 0 Å². The fraction of sp³-hybridized carbons (Fsp3) is 0.143. The zero-order chi connectivity index (χ0) is 9.30. The molecule has 0 heterocycles. The highest BCUT2D eigenvalue weighted by Crippen LogP contribution is 2.24. The zero-order valence-electron chi connectivity index (χ0n) is 6.17. The second-order valence-electron chi connectivity index (χ2n) is 2.29. The molecule has 0 unspecified atom stereocenters. The summed E-state index contributed by atoms with van der Waals surface area (Å²) in [4.78, 5) is 10.0. The lowest BCUT2D eigenvalue weighted by Crippen LogP contribution is -1.92. The standard InChI is InChI=1S/C7H5I2NO2/c1-4-6(8)2-5(10(11)12)3-7(4)9/h2-3H,1H3. The monoisotopic (exact) mass is 389 g/mol. The summed E-state index contributed by atoms with van der Waals surface area (Å²) in [6, 6.07) is 3.16. The van der Waals surface area contributed by atoms with Gasteiger partial charge in [0.2, 0.25) is 0 Å². The highest BCUT2D eigenvalue weighted by atomic mass is 127. The molecule has 3 nitrogen and oxygen atoms in total. The Morgan fingerprint density at radius 3 is 2.08 bits per heavy atom. The summed E-state index contributed by atoms with van der Waals surface area (Å²) in [5.41, 5.74) is 1.26. The van der Waals surface area contributed by atoms with Gasteiger partial charge in [-0.2, -0.15) is 0 Å². The molecule has 0 aliphatic rings. The van der Waals surface area contributed by atoms with Gasteiger partial charge < -0.3 is 0 Å². The molecule has 0 aromatic heterocycles. The van der Waals surface area contributed by atoms with Crippen LogP contribution in [0.5, 0.6) is 0 Å². The summed E-state index contributed by atoms with van der Waals surface area (Å²) in [6.45, 7) is 1.95. The van der Waals surface area contributed by atoms with E-state index in [1.54, 1.807) is 12.1 Å². The molecule has 1 aromatic carbocycles. The molecule has 0 aliphatic carbocycles. The minimum absolute atomic E-state index is 0.161. The van der Waals surface area contributed by atoms with Crippen molar-refractivity contribution in [2.24, 2.45) is 0 Å². The highest BCUT2D eigenvalue weighted by molar-refractivity contribution is 14.1. The van der Waals surface area contributed by atoms with Gasteiger partial charge in [-0.1, -0.05) is 0 Å². The van der Waals surface area contributed by atoms with Crippen LogP contribution in [0.2, 0.25) is 0 Å². The summed E-state index contributed by atoms with van der Waals surface area (Å²) >= 11 is 4.20. The molecule has 0 N–H and O–H groups in total. The maximum absolute atomic E-state index is 10.4. The minimum atomic E-state index is -0.371. The topological polar surface area (TPSA) is 43.1 Å². The smallest absolute Gasteiger partial charge is 0.258 e. The predicted molar refractivity (Wildman–Crippen MR) is 63.3 cm³/mol. The van der Waals surface area contributed by atoms with E-state index in [0.717, 1.165) is 12.7 Å². The summed E-state index contributed by atoms with van der Waals surface area (Å²) in [5, 5.41) is 10.4. The first-order valence-corrected chi connectivity index (χ1v) is 5.28. The Morgan fingerprint density at radius 2 is 1.75 bits per heavy atom. The Hall–Kier alpha value is 0.0800. The van der Waals surface area contributed by atoms with Crippen LogP contribution in [0.15, 0.2) is 12.1 Å². The molecule has 0 fully saturated rings. The summed E-state index contributed by atoms with van der Waals surface area (Å²) in [6.07, 6.45) is 0. The second-order valence-corrected chi connectivity index (χ2v) is 4.62. The summed E-state index contributed by atoms with van der Waals surface area (Å²) in [5.74, 6) is 0. The average molecular weight is 389 g/mol. The van der Waals surface area contributed by atoms with Gasteiger partial charge in [-0.05, 0) is 57.7 Å². The van der Waals surface area contributed by atoms with Gasteiger partial charge in [0.25, 0.3) is 5.69 Å².